The van der Waals surface area contributed by atoms with Gasteiger partial charge in [-0.05, 0) is 36.8 Å². The van der Waals surface area contributed by atoms with Crippen molar-refractivity contribution in [2.45, 2.75) is 20.0 Å². The first-order valence-corrected chi connectivity index (χ1v) is 8.69. The average molecular weight is 346 g/mol. The van der Waals surface area contributed by atoms with Crippen molar-refractivity contribution in [3.05, 3.63) is 89.9 Å². The Kier molecular flexibility index (Phi) is 5.93. The minimum Gasteiger partial charge on any atom is -0.364 e. The molecule has 0 radical (unpaired) electrons. The molecule has 0 bridgehead atoms. The van der Waals surface area contributed by atoms with E-state index in [1.807, 2.05) is 72.5 Å². The van der Waals surface area contributed by atoms with Crippen LogP contribution in [0.4, 0.5) is 5.82 Å². The van der Waals surface area contributed by atoms with Crippen molar-refractivity contribution in [3.63, 3.8) is 0 Å². The number of hydrogen-bond donors (Lipinski definition) is 1. The van der Waals surface area contributed by atoms with Crippen molar-refractivity contribution in [2.24, 2.45) is 0 Å². The molecule has 0 aliphatic heterocycles. The molecule has 0 unspecified atom stereocenters. The molecule has 2 heterocycles. The van der Waals surface area contributed by atoms with Crippen molar-refractivity contribution in [3.8, 4) is 0 Å². The van der Waals surface area contributed by atoms with E-state index < -0.39 is 0 Å². The van der Waals surface area contributed by atoms with E-state index in [0.717, 1.165) is 17.1 Å². The molecule has 5 heteroatoms. The Morgan fingerprint density at radius 1 is 1.00 bits per heavy atom. The maximum absolute atomic E-state index is 12.7. The third-order valence-corrected chi connectivity index (χ3v) is 4.07. The number of hydrogen-bond acceptors (Lipinski definition) is 4. The third kappa shape index (κ3) is 4.66. The molecule has 0 atom stereocenters. The summed E-state index contributed by atoms with van der Waals surface area (Å²) in [6.45, 7) is 3.82. The van der Waals surface area contributed by atoms with Gasteiger partial charge in [0.05, 0.1) is 17.8 Å². The smallest absolute Gasteiger partial charge is 0.255 e. The summed E-state index contributed by atoms with van der Waals surface area (Å²) >= 11 is 0. The zero-order valence-electron chi connectivity index (χ0n) is 14.8. The van der Waals surface area contributed by atoms with E-state index in [2.05, 4.69) is 15.3 Å². The molecular weight excluding hydrogens is 324 g/mol. The standard InChI is InChI=1S/C21H22N4O/c1-2-25(16-17-8-4-3-5-9-17)21(26)18-11-12-20(23-14-18)24-15-19-10-6-7-13-22-19/h3-14H,2,15-16H2,1H3,(H,23,24). The summed E-state index contributed by atoms with van der Waals surface area (Å²) in [4.78, 5) is 23.2. The third-order valence-electron chi connectivity index (χ3n) is 4.07. The molecule has 3 aromatic rings. The lowest BCUT2D eigenvalue weighted by atomic mass is 10.2. The molecule has 3 rings (SSSR count). The van der Waals surface area contributed by atoms with Gasteiger partial charge in [0, 0.05) is 25.5 Å². The van der Waals surface area contributed by atoms with E-state index in [9.17, 15) is 4.79 Å². The second-order valence-electron chi connectivity index (χ2n) is 5.91. The van der Waals surface area contributed by atoms with Crippen LogP contribution in [0.25, 0.3) is 0 Å². The number of rotatable bonds is 7. The summed E-state index contributed by atoms with van der Waals surface area (Å²) in [5, 5.41) is 3.21. The highest BCUT2D eigenvalue weighted by Gasteiger charge is 2.15. The van der Waals surface area contributed by atoms with Gasteiger partial charge in [-0.15, -0.1) is 0 Å². The Hall–Kier alpha value is -3.21. The number of carbonyl (C=O) groups is 1. The number of nitrogens with one attached hydrogen (secondary N) is 1. The highest BCUT2D eigenvalue weighted by molar-refractivity contribution is 5.94. The summed E-state index contributed by atoms with van der Waals surface area (Å²) in [7, 11) is 0. The first-order valence-electron chi connectivity index (χ1n) is 8.69. The minimum absolute atomic E-state index is 0.0138. The highest BCUT2D eigenvalue weighted by atomic mass is 16.2. The monoisotopic (exact) mass is 346 g/mol. The van der Waals surface area contributed by atoms with Crippen LogP contribution in [-0.4, -0.2) is 27.3 Å². The van der Waals surface area contributed by atoms with Crippen molar-refractivity contribution < 1.29 is 4.79 Å². The van der Waals surface area contributed by atoms with Crippen molar-refractivity contribution >= 4 is 11.7 Å². The largest absolute Gasteiger partial charge is 0.364 e. The van der Waals surface area contributed by atoms with Gasteiger partial charge in [-0.3, -0.25) is 9.78 Å². The van der Waals surface area contributed by atoms with Crippen LogP contribution in [0.5, 0.6) is 0 Å². The van der Waals surface area contributed by atoms with Crippen LogP contribution in [0.3, 0.4) is 0 Å². The molecule has 5 nitrogen and oxygen atoms in total. The zero-order chi connectivity index (χ0) is 18.2. The normalized spacial score (nSPS) is 10.3. The van der Waals surface area contributed by atoms with Gasteiger partial charge >= 0.3 is 0 Å². The number of carbonyl (C=O) groups excluding carboxylic acids is 1. The van der Waals surface area contributed by atoms with Crippen LogP contribution in [-0.2, 0) is 13.1 Å². The summed E-state index contributed by atoms with van der Waals surface area (Å²) in [6, 6.07) is 19.4. The Balaban J connectivity index is 1.62. The molecule has 132 valence electrons. The number of nitrogens with zero attached hydrogens (tertiary/aromatic N) is 3. The van der Waals surface area contributed by atoms with Crippen molar-refractivity contribution in [1.29, 1.82) is 0 Å². The number of aromatic nitrogens is 2. The highest BCUT2D eigenvalue weighted by Crippen LogP contribution is 2.12. The van der Waals surface area contributed by atoms with Crippen LogP contribution >= 0.6 is 0 Å². The number of anilines is 1. The lowest BCUT2D eigenvalue weighted by molar-refractivity contribution is 0.0752. The quantitative estimate of drug-likeness (QED) is 0.708. The molecule has 0 saturated carbocycles. The minimum atomic E-state index is -0.0138. The topological polar surface area (TPSA) is 58.1 Å². The Morgan fingerprint density at radius 3 is 2.46 bits per heavy atom. The van der Waals surface area contributed by atoms with Crippen molar-refractivity contribution in [1.82, 2.24) is 14.9 Å². The zero-order valence-corrected chi connectivity index (χ0v) is 14.8. The van der Waals surface area contributed by atoms with E-state index in [1.165, 1.54) is 0 Å². The second kappa shape index (κ2) is 8.76. The molecule has 26 heavy (non-hydrogen) atoms. The maximum atomic E-state index is 12.7. The summed E-state index contributed by atoms with van der Waals surface area (Å²) < 4.78 is 0. The predicted molar refractivity (Wildman–Crippen MR) is 103 cm³/mol. The Labute approximate surface area is 153 Å². The van der Waals surface area contributed by atoms with E-state index in [-0.39, 0.29) is 5.91 Å². The maximum Gasteiger partial charge on any atom is 0.255 e. The fourth-order valence-corrected chi connectivity index (χ4v) is 2.62. The first-order chi connectivity index (χ1) is 12.8. The van der Waals surface area contributed by atoms with Gasteiger partial charge < -0.3 is 10.2 Å². The van der Waals surface area contributed by atoms with E-state index in [4.69, 9.17) is 0 Å². The SMILES string of the molecule is CCN(Cc1ccccc1)C(=O)c1ccc(NCc2ccccn2)nc1. The fraction of sp³-hybridized carbons (Fsp3) is 0.190. The molecule has 1 N–H and O–H groups in total. The van der Waals surface area contributed by atoms with Crippen LogP contribution in [0.15, 0.2) is 73.1 Å². The lowest BCUT2D eigenvalue weighted by Gasteiger charge is -2.21. The lowest BCUT2D eigenvalue weighted by Crippen LogP contribution is -2.30. The van der Waals surface area contributed by atoms with Gasteiger partial charge in [0.1, 0.15) is 5.82 Å². The molecular formula is C21H22N4O. The second-order valence-corrected chi connectivity index (χ2v) is 5.91. The number of amides is 1. The van der Waals surface area contributed by atoms with E-state index in [0.29, 0.717) is 25.2 Å². The summed E-state index contributed by atoms with van der Waals surface area (Å²) in [5.74, 6) is 0.707. The van der Waals surface area contributed by atoms with Crippen LogP contribution in [0, 0.1) is 0 Å². The first kappa shape index (κ1) is 17.6. The molecule has 0 aliphatic carbocycles. The van der Waals surface area contributed by atoms with E-state index >= 15 is 0 Å². The van der Waals surface area contributed by atoms with E-state index in [1.54, 1.807) is 12.4 Å². The molecule has 0 aliphatic rings. The Morgan fingerprint density at radius 2 is 1.81 bits per heavy atom. The van der Waals surface area contributed by atoms with Crippen LogP contribution in [0.1, 0.15) is 28.5 Å². The molecule has 1 amide bonds. The molecule has 0 fully saturated rings. The predicted octanol–water partition coefficient (Wildman–Crippen LogP) is 3.75. The summed E-state index contributed by atoms with van der Waals surface area (Å²) in [6.07, 6.45) is 3.38. The van der Waals surface area contributed by atoms with Gasteiger partial charge in [0.15, 0.2) is 0 Å². The Bertz CT molecular complexity index is 820. The van der Waals surface area contributed by atoms with Crippen LogP contribution in [0.2, 0.25) is 0 Å². The van der Waals surface area contributed by atoms with Gasteiger partial charge in [0.25, 0.3) is 5.91 Å². The molecule has 2 aromatic heterocycles. The van der Waals surface area contributed by atoms with Gasteiger partial charge in [0.2, 0.25) is 0 Å². The number of benzene rings is 1. The summed E-state index contributed by atoms with van der Waals surface area (Å²) in [5.41, 5.74) is 2.64. The van der Waals surface area contributed by atoms with Gasteiger partial charge in [-0.1, -0.05) is 36.4 Å². The average Bonchev–Trinajstić information content (AvgIpc) is 2.72. The van der Waals surface area contributed by atoms with Crippen molar-refractivity contribution in [2.75, 3.05) is 11.9 Å². The molecule has 1 aromatic carbocycles. The van der Waals surface area contributed by atoms with Crippen LogP contribution < -0.4 is 5.32 Å². The molecule has 0 saturated heterocycles. The van der Waals surface area contributed by atoms with Gasteiger partial charge in [-0.25, -0.2) is 4.98 Å². The number of pyridine rings is 2. The molecule has 0 spiro atoms. The van der Waals surface area contributed by atoms with Gasteiger partial charge in [-0.2, -0.15) is 0 Å². The fourth-order valence-electron chi connectivity index (χ4n) is 2.62.